The van der Waals surface area contributed by atoms with E-state index >= 15 is 0 Å². The molecule has 1 unspecified atom stereocenters. The van der Waals surface area contributed by atoms with E-state index in [1.807, 2.05) is 50.2 Å². The lowest BCUT2D eigenvalue weighted by Gasteiger charge is -2.36. The summed E-state index contributed by atoms with van der Waals surface area (Å²) in [7, 11) is 0. The number of nitrogens with two attached hydrogens (primary N) is 1. The van der Waals surface area contributed by atoms with Crippen LogP contribution in [0.5, 0.6) is 5.75 Å². The summed E-state index contributed by atoms with van der Waals surface area (Å²) in [5.41, 5.74) is 7.79. The SMILES string of the molecule is CCOC(=O)C1=C(N)Oc2cc(C)n(CC)c(=O)c2C12C(=O)N(Cc1ccc(C)cc1)c1ccccc12. The zero-order valence-corrected chi connectivity index (χ0v) is 21.3. The Kier molecular flexibility index (Phi) is 5.90. The molecule has 2 aliphatic heterocycles. The molecule has 1 spiro atoms. The first-order valence-electron chi connectivity index (χ1n) is 12.3. The first-order valence-corrected chi connectivity index (χ1v) is 12.3. The number of amides is 1. The van der Waals surface area contributed by atoms with Gasteiger partial charge in [0, 0.05) is 29.6 Å². The standard InChI is InChI=1S/C29H29N3O5/c1-5-31-18(4)15-22-23(26(31)33)29(24(25(30)37-22)27(34)36-6-2)20-9-7-8-10-21(20)32(28(29)35)16-19-13-11-17(3)12-14-19/h7-15H,5-6,16,30H2,1-4H3. The summed E-state index contributed by atoms with van der Waals surface area (Å²) in [5, 5.41) is 0. The van der Waals surface area contributed by atoms with Crippen molar-refractivity contribution in [1.29, 1.82) is 0 Å². The maximum Gasteiger partial charge on any atom is 0.341 e. The van der Waals surface area contributed by atoms with E-state index in [9.17, 15) is 14.4 Å². The summed E-state index contributed by atoms with van der Waals surface area (Å²) in [5.74, 6) is -1.33. The molecule has 2 aromatic carbocycles. The number of para-hydroxylation sites is 1. The molecule has 5 rings (SSSR count). The van der Waals surface area contributed by atoms with E-state index in [0.717, 1.165) is 11.1 Å². The Labute approximate surface area is 214 Å². The molecule has 8 nitrogen and oxygen atoms in total. The van der Waals surface area contributed by atoms with Gasteiger partial charge in [0.15, 0.2) is 0 Å². The van der Waals surface area contributed by atoms with E-state index in [-0.39, 0.29) is 35.9 Å². The number of benzene rings is 2. The lowest BCUT2D eigenvalue weighted by atomic mass is 9.68. The fourth-order valence-electron chi connectivity index (χ4n) is 5.46. The molecule has 2 aliphatic rings. The Bertz CT molecular complexity index is 1520. The van der Waals surface area contributed by atoms with Crippen LogP contribution in [0.2, 0.25) is 0 Å². The highest BCUT2D eigenvalue weighted by Crippen LogP contribution is 2.54. The summed E-state index contributed by atoms with van der Waals surface area (Å²) in [4.78, 5) is 43.8. The van der Waals surface area contributed by atoms with Gasteiger partial charge in [0.1, 0.15) is 16.7 Å². The molecular formula is C29H29N3O5. The van der Waals surface area contributed by atoms with Gasteiger partial charge in [-0.2, -0.15) is 0 Å². The number of nitrogens with zero attached hydrogens (tertiary/aromatic N) is 2. The third-order valence-corrected chi connectivity index (χ3v) is 7.11. The van der Waals surface area contributed by atoms with Crippen LogP contribution in [0, 0.1) is 13.8 Å². The molecule has 0 fully saturated rings. The number of aromatic nitrogens is 1. The Balaban J connectivity index is 1.85. The number of esters is 1. The molecular weight excluding hydrogens is 470 g/mol. The number of aryl methyl sites for hydroxylation is 2. The molecule has 8 heteroatoms. The van der Waals surface area contributed by atoms with E-state index < -0.39 is 22.9 Å². The summed E-state index contributed by atoms with van der Waals surface area (Å²) in [6.07, 6.45) is 0. The monoisotopic (exact) mass is 499 g/mol. The first-order chi connectivity index (χ1) is 17.7. The number of hydrogen-bond donors (Lipinski definition) is 1. The van der Waals surface area contributed by atoms with E-state index in [0.29, 0.717) is 23.5 Å². The summed E-state index contributed by atoms with van der Waals surface area (Å²) in [6.45, 7) is 7.99. The number of carbonyl (C=O) groups excluding carboxylic acids is 2. The molecule has 1 atom stereocenters. The van der Waals surface area contributed by atoms with Gasteiger partial charge < -0.3 is 24.7 Å². The Morgan fingerprint density at radius 2 is 1.76 bits per heavy atom. The second kappa shape index (κ2) is 8.96. The van der Waals surface area contributed by atoms with Crippen LogP contribution >= 0.6 is 0 Å². The number of ether oxygens (including phenoxy) is 2. The number of rotatable bonds is 5. The minimum absolute atomic E-state index is 0.0640. The molecule has 3 heterocycles. The van der Waals surface area contributed by atoms with Crippen molar-refractivity contribution in [3.63, 3.8) is 0 Å². The molecule has 3 aromatic rings. The minimum atomic E-state index is -1.81. The lowest BCUT2D eigenvalue weighted by molar-refractivity contribution is -0.140. The van der Waals surface area contributed by atoms with Crippen LogP contribution in [0.15, 0.2) is 70.8 Å². The zero-order chi connectivity index (χ0) is 26.5. The van der Waals surface area contributed by atoms with E-state index in [4.69, 9.17) is 15.2 Å². The summed E-state index contributed by atoms with van der Waals surface area (Å²) in [6, 6.07) is 16.7. The van der Waals surface area contributed by atoms with Crippen LogP contribution in [0.4, 0.5) is 5.69 Å². The topological polar surface area (TPSA) is 104 Å². The van der Waals surface area contributed by atoms with Crippen molar-refractivity contribution >= 4 is 17.6 Å². The van der Waals surface area contributed by atoms with Crippen LogP contribution in [-0.4, -0.2) is 23.1 Å². The van der Waals surface area contributed by atoms with Gasteiger partial charge >= 0.3 is 5.97 Å². The van der Waals surface area contributed by atoms with Crippen LogP contribution in [0.1, 0.15) is 41.8 Å². The average Bonchev–Trinajstić information content (AvgIpc) is 3.09. The Morgan fingerprint density at radius 3 is 2.43 bits per heavy atom. The highest BCUT2D eigenvalue weighted by molar-refractivity contribution is 6.18. The van der Waals surface area contributed by atoms with Crippen molar-refractivity contribution in [3.8, 4) is 5.75 Å². The molecule has 0 radical (unpaired) electrons. The maximum atomic E-state index is 14.7. The van der Waals surface area contributed by atoms with Gasteiger partial charge in [-0.15, -0.1) is 0 Å². The first kappa shape index (κ1) is 24.4. The van der Waals surface area contributed by atoms with Gasteiger partial charge in [0.2, 0.25) is 11.8 Å². The number of carbonyl (C=O) groups is 2. The lowest BCUT2D eigenvalue weighted by Crippen LogP contribution is -2.52. The predicted octanol–water partition coefficient (Wildman–Crippen LogP) is 3.44. The van der Waals surface area contributed by atoms with Crippen LogP contribution in [0.3, 0.4) is 0 Å². The molecule has 0 saturated carbocycles. The number of pyridine rings is 1. The second-order valence-electron chi connectivity index (χ2n) is 9.28. The number of hydrogen-bond acceptors (Lipinski definition) is 6. The largest absolute Gasteiger partial charge is 0.462 e. The van der Waals surface area contributed by atoms with Gasteiger partial charge in [-0.1, -0.05) is 48.0 Å². The summed E-state index contributed by atoms with van der Waals surface area (Å²) < 4.78 is 12.8. The van der Waals surface area contributed by atoms with Gasteiger partial charge in [0.05, 0.1) is 18.7 Å². The smallest absolute Gasteiger partial charge is 0.341 e. The molecule has 0 aliphatic carbocycles. The van der Waals surface area contributed by atoms with Crippen molar-refractivity contribution in [2.45, 2.75) is 46.2 Å². The molecule has 37 heavy (non-hydrogen) atoms. The van der Waals surface area contributed by atoms with Gasteiger partial charge in [-0.25, -0.2) is 4.79 Å². The highest BCUT2D eigenvalue weighted by atomic mass is 16.5. The average molecular weight is 500 g/mol. The third kappa shape index (κ3) is 3.47. The van der Waals surface area contributed by atoms with Crippen molar-refractivity contribution in [2.75, 3.05) is 11.5 Å². The van der Waals surface area contributed by atoms with Crippen molar-refractivity contribution in [2.24, 2.45) is 5.73 Å². The molecule has 1 aromatic heterocycles. The highest BCUT2D eigenvalue weighted by Gasteiger charge is 2.62. The van der Waals surface area contributed by atoms with E-state index in [2.05, 4.69) is 0 Å². The molecule has 0 bridgehead atoms. The number of anilines is 1. The quantitative estimate of drug-likeness (QED) is 0.540. The number of fused-ring (bicyclic) bond motifs is 4. The second-order valence-corrected chi connectivity index (χ2v) is 9.28. The van der Waals surface area contributed by atoms with E-state index in [1.54, 1.807) is 41.5 Å². The maximum absolute atomic E-state index is 14.7. The molecule has 2 N–H and O–H groups in total. The van der Waals surface area contributed by atoms with E-state index in [1.165, 1.54) is 0 Å². The fraction of sp³-hybridized carbons (Fsp3) is 0.276. The van der Waals surface area contributed by atoms with Crippen LogP contribution < -0.4 is 20.9 Å². The fourth-order valence-corrected chi connectivity index (χ4v) is 5.46. The minimum Gasteiger partial charge on any atom is -0.462 e. The Morgan fingerprint density at radius 1 is 1.05 bits per heavy atom. The van der Waals surface area contributed by atoms with Gasteiger partial charge in [-0.05, 0) is 39.3 Å². The van der Waals surface area contributed by atoms with Gasteiger partial charge in [0.25, 0.3) is 5.56 Å². The molecule has 0 saturated heterocycles. The molecule has 1 amide bonds. The normalized spacial score (nSPS) is 18.1. The van der Waals surface area contributed by atoms with Crippen molar-refractivity contribution < 1.29 is 19.1 Å². The predicted molar refractivity (Wildman–Crippen MR) is 139 cm³/mol. The van der Waals surface area contributed by atoms with Crippen LogP contribution in [-0.2, 0) is 32.8 Å². The van der Waals surface area contributed by atoms with Gasteiger partial charge in [-0.3, -0.25) is 9.59 Å². The molecule has 190 valence electrons. The summed E-state index contributed by atoms with van der Waals surface area (Å²) >= 11 is 0. The zero-order valence-electron chi connectivity index (χ0n) is 21.3. The Hall–Kier alpha value is -4.33. The van der Waals surface area contributed by atoms with Crippen LogP contribution in [0.25, 0.3) is 0 Å². The van der Waals surface area contributed by atoms with Crippen molar-refractivity contribution in [3.05, 3.63) is 104 Å². The van der Waals surface area contributed by atoms with Crippen molar-refractivity contribution in [1.82, 2.24) is 4.57 Å². The third-order valence-electron chi connectivity index (χ3n) is 7.11.